The first-order chi connectivity index (χ1) is 13.7. The van der Waals surface area contributed by atoms with Gasteiger partial charge in [-0.2, -0.15) is 0 Å². The average Bonchev–Trinajstić information content (AvgIpc) is 3.26. The standard InChI is InChI=1S/C20H22N2O4S2/c1-2-25-16-7-3-14(4-8-16)19(24)22-21-18(23)13-26-17-9-5-15(6-10-17)20-27-11-12-28-20/h3-10,20H,2,11-13H2,1H3,(H,21,23)(H,22,24). The van der Waals surface area contributed by atoms with E-state index in [0.717, 1.165) is 0 Å². The van der Waals surface area contributed by atoms with Gasteiger partial charge in [-0.25, -0.2) is 0 Å². The van der Waals surface area contributed by atoms with Gasteiger partial charge >= 0.3 is 0 Å². The smallest absolute Gasteiger partial charge is 0.276 e. The largest absolute Gasteiger partial charge is 0.494 e. The van der Waals surface area contributed by atoms with Gasteiger partial charge in [0.2, 0.25) is 0 Å². The number of nitrogens with one attached hydrogen (secondary N) is 2. The fourth-order valence-electron chi connectivity index (χ4n) is 2.52. The number of hydrogen-bond donors (Lipinski definition) is 2. The van der Waals surface area contributed by atoms with Crippen molar-refractivity contribution in [1.82, 2.24) is 10.9 Å². The maximum Gasteiger partial charge on any atom is 0.276 e. The van der Waals surface area contributed by atoms with Crippen molar-refractivity contribution in [1.29, 1.82) is 0 Å². The summed E-state index contributed by atoms with van der Waals surface area (Å²) < 4.78 is 11.3. The zero-order valence-corrected chi connectivity index (χ0v) is 17.1. The molecule has 28 heavy (non-hydrogen) atoms. The van der Waals surface area contributed by atoms with Crippen molar-refractivity contribution in [2.24, 2.45) is 0 Å². The highest BCUT2D eigenvalue weighted by Crippen LogP contribution is 2.45. The van der Waals surface area contributed by atoms with E-state index in [-0.39, 0.29) is 6.61 Å². The van der Waals surface area contributed by atoms with Crippen molar-refractivity contribution >= 4 is 35.3 Å². The first-order valence-electron chi connectivity index (χ1n) is 8.93. The molecule has 1 aliphatic heterocycles. The Kier molecular flexibility index (Phi) is 7.50. The third kappa shape index (κ3) is 5.84. The molecule has 0 unspecified atom stereocenters. The monoisotopic (exact) mass is 418 g/mol. The third-order valence-corrected chi connectivity index (χ3v) is 6.99. The molecule has 1 aliphatic rings. The topological polar surface area (TPSA) is 76.7 Å². The molecule has 0 bridgehead atoms. The first-order valence-corrected chi connectivity index (χ1v) is 11.0. The fraction of sp³-hybridized carbons (Fsp3) is 0.300. The van der Waals surface area contributed by atoms with Gasteiger partial charge in [0.15, 0.2) is 6.61 Å². The molecular formula is C20H22N2O4S2. The molecular weight excluding hydrogens is 396 g/mol. The van der Waals surface area contributed by atoms with E-state index < -0.39 is 11.8 Å². The van der Waals surface area contributed by atoms with E-state index in [9.17, 15) is 9.59 Å². The quantitative estimate of drug-likeness (QED) is 0.671. The molecule has 8 heteroatoms. The van der Waals surface area contributed by atoms with Crippen LogP contribution < -0.4 is 20.3 Å². The summed E-state index contributed by atoms with van der Waals surface area (Å²) in [4.78, 5) is 23.9. The second-order valence-electron chi connectivity index (χ2n) is 5.89. The highest BCUT2D eigenvalue weighted by Gasteiger charge is 2.18. The van der Waals surface area contributed by atoms with Gasteiger partial charge in [-0.05, 0) is 48.9 Å². The second kappa shape index (κ2) is 10.3. The van der Waals surface area contributed by atoms with E-state index in [1.54, 1.807) is 24.3 Å². The lowest BCUT2D eigenvalue weighted by molar-refractivity contribution is -0.123. The summed E-state index contributed by atoms with van der Waals surface area (Å²) in [6.07, 6.45) is 0. The minimum Gasteiger partial charge on any atom is -0.494 e. The lowest BCUT2D eigenvalue weighted by Gasteiger charge is -2.11. The maximum atomic E-state index is 12.0. The molecule has 2 amide bonds. The van der Waals surface area contributed by atoms with Crippen LogP contribution in [0.25, 0.3) is 0 Å². The number of ether oxygens (including phenoxy) is 2. The highest BCUT2D eigenvalue weighted by molar-refractivity contribution is 8.19. The number of benzene rings is 2. The van der Waals surface area contributed by atoms with Crippen LogP contribution in [0.15, 0.2) is 48.5 Å². The van der Waals surface area contributed by atoms with Gasteiger partial charge in [0.25, 0.3) is 11.8 Å². The number of hydrogen-bond acceptors (Lipinski definition) is 6. The van der Waals surface area contributed by atoms with Crippen LogP contribution in [0.1, 0.15) is 27.4 Å². The predicted molar refractivity (Wildman–Crippen MR) is 113 cm³/mol. The minimum absolute atomic E-state index is 0.185. The molecule has 1 heterocycles. The van der Waals surface area contributed by atoms with Gasteiger partial charge in [0, 0.05) is 17.1 Å². The van der Waals surface area contributed by atoms with Crippen LogP contribution in [0.2, 0.25) is 0 Å². The number of thioether (sulfide) groups is 2. The molecule has 0 spiro atoms. The van der Waals surface area contributed by atoms with Crippen LogP contribution in [0, 0.1) is 0 Å². The fourth-order valence-corrected chi connectivity index (χ4v) is 5.38. The third-order valence-electron chi connectivity index (χ3n) is 3.89. The number of rotatable bonds is 7. The van der Waals surface area contributed by atoms with Crippen molar-refractivity contribution in [3.8, 4) is 11.5 Å². The van der Waals surface area contributed by atoms with Gasteiger partial charge in [-0.15, -0.1) is 23.5 Å². The predicted octanol–water partition coefficient (Wildman–Crippen LogP) is 3.40. The van der Waals surface area contributed by atoms with Crippen molar-refractivity contribution in [3.05, 3.63) is 59.7 Å². The van der Waals surface area contributed by atoms with Gasteiger partial charge in [0.1, 0.15) is 11.5 Å². The van der Waals surface area contributed by atoms with E-state index in [0.29, 0.717) is 28.3 Å². The van der Waals surface area contributed by atoms with Crippen molar-refractivity contribution in [2.45, 2.75) is 11.5 Å². The molecule has 0 atom stereocenters. The molecule has 0 aliphatic carbocycles. The van der Waals surface area contributed by atoms with E-state index in [1.165, 1.54) is 17.1 Å². The summed E-state index contributed by atoms with van der Waals surface area (Å²) in [5.74, 6) is 2.81. The Morgan fingerprint density at radius 3 is 2.18 bits per heavy atom. The zero-order valence-electron chi connectivity index (χ0n) is 15.5. The molecule has 2 aromatic carbocycles. The first kappa shape index (κ1) is 20.4. The summed E-state index contributed by atoms with van der Waals surface area (Å²) in [6, 6.07) is 14.4. The average molecular weight is 419 g/mol. The number of amides is 2. The molecule has 0 aromatic heterocycles. The Morgan fingerprint density at radius 1 is 0.929 bits per heavy atom. The molecule has 2 aromatic rings. The second-order valence-corrected chi connectivity index (χ2v) is 8.62. The minimum atomic E-state index is -0.440. The molecule has 0 radical (unpaired) electrons. The Bertz CT molecular complexity index is 791. The summed E-state index contributed by atoms with van der Waals surface area (Å²) in [7, 11) is 0. The molecule has 1 fully saturated rings. The Hall–Kier alpha value is -2.32. The summed E-state index contributed by atoms with van der Waals surface area (Å²) in [5.41, 5.74) is 6.39. The van der Waals surface area contributed by atoms with Crippen molar-refractivity contribution in [3.63, 3.8) is 0 Å². The molecule has 0 saturated carbocycles. The van der Waals surface area contributed by atoms with Crippen molar-refractivity contribution in [2.75, 3.05) is 24.7 Å². The normalized spacial score (nSPS) is 13.8. The molecule has 2 N–H and O–H groups in total. The number of hydrazine groups is 1. The van der Waals surface area contributed by atoms with Gasteiger partial charge in [-0.1, -0.05) is 12.1 Å². The molecule has 6 nitrogen and oxygen atoms in total. The number of carbonyl (C=O) groups excluding carboxylic acids is 2. The van der Waals surface area contributed by atoms with E-state index in [2.05, 4.69) is 10.9 Å². The highest BCUT2D eigenvalue weighted by atomic mass is 32.2. The summed E-state index contributed by atoms with van der Waals surface area (Å²) in [6.45, 7) is 2.26. The Morgan fingerprint density at radius 2 is 1.54 bits per heavy atom. The van der Waals surface area contributed by atoms with Crippen molar-refractivity contribution < 1.29 is 19.1 Å². The SMILES string of the molecule is CCOc1ccc(C(=O)NNC(=O)COc2ccc(C3SCCS3)cc2)cc1. The van der Waals surface area contributed by atoms with E-state index in [1.807, 2.05) is 54.7 Å². The van der Waals surface area contributed by atoms with Crippen LogP contribution >= 0.6 is 23.5 Å². The maximum absolute atomic E-state index is 12.0. The Labute approximate surface area is 172 Å². The van der Waals surface area contributed by atoms with E-state index in [4.69, 9.17) is 9.47 Å². The lowest BCUT2D eigenvalue weighted by Crippen LogP contribution is -2.43. The zero-order chi connectivity index (χ0) is 19.8. The van der Waals surface area contributed by atoms with Crippen LogP contribution in [-0.4, -0.2) is 36.5 Å². The van der Waals surface area contributed by atoms with Gasteiger partial charge in [-0.3, -0.25) is 20.4 Å². The summed E-state index contributed by atoms with van der Waals surface area (Å²) in [5, 5.41) is 0. The Balaban J connectivity index is 1.40. The number of carbonyl (C=O) groups is 2. The van der Waals surface area contributed by atoms with Crippen LogP contribution in [0.4, 0.5) is 0 Å². The summed E-state index contributed by atoms with van der Waals surface area (Å²) >= 11 is 3.88. The molecule has 148 valence electrons. The van der Waals surface area contributed by atoms with Crippen LogP contribution in [0.5, 0.6) is 11.5 Å². The van der Waals surface area contributed by atoms with Crippen LogP contribution in [0.3, 0.4) is 0 Å². The molecule has 1 saturated heterocycles. The van der Waals surface area contributed by atoms with Gasteiger partial charge < -0.3 is 9.47 Å². The molecule has 3 rings (SSSR count). The lowest BCUT2D eigenvalue weighted by atomic mass is 10.2. The van der Waals surface area contributed by atoms with Crippen LogP contribution in [-0.2, 0) is 4.79 Å². The van der Waals surface area contributed by atoms with E-state index >= 15 is 0 Å². The van der Waals surface area contributed by atoms with Gasteiger partial charge in [0.05, 0.1) is 11.2 Å².